The maximum Gasteiger partial charge on any atom is 0.0812 e. The van der Waals surface area contributed by atoms with E-state index in [1.807, 2.05) is 0 Å². The fourth-order valence-electron chi connectivity index (χ4n) is 3.50. The predicted molar refractivity (Wildman–Crippen MR) is 89.8 cm³/mol. The Morgan fingerprint density at radius 1 is 1.40 bits per heavy atom. The Bertz CT molecular complexity index is 489. The van der Waals surface area contributed by atoms with Crippen LogP contribution in [-0.4, -0.2) is 32.2 Å². The van der Waals surface area contributed by atoms with Crippen molar-refractivity contribution in [3.8, 4) is 0 Å². The fraction of sp³-hybridized carbons (Fsp3) is 0.750. The first-order valence-electron chi connectivity index (χ1n) is 7.52. The molecule has 0 bridgehead atoms. The van der Waals surface area contributed by atoms with Crippen LogP contribution in [0.1, 0.15) is 43.3 Å². The van der Waals surface area contributed by atoms with Crippen molar-refractivity contribution in [2.24, 2.45) is 5.41 Å². The van der Waals surface area contributed by atoms with Crippen LogP contribution in [0.4, 0.5) is 0 Å². The van der Waals surface area contributed by atoms with Crippen LogP contribution in [0.15, 0.2) is 6.07 Å². The fourth-order valence-corrected chi connectivity index (χ4v) is 6.15. The van der Waals surface area contributed by atoms with Crippen molar-refractivity contribution in [1.29, 1.82) is 0 Å². The minimum absolute atomic E-state index is 0.212. The highest BCUT2D eigenvalue weighted by molar-refractivity contribution is 8.06. The highest BCUT2D eigenvalue weighted by Gasteiger charge is 2.34. The van der Waals surface area contributed by atoms with E-state index in [1.54, 1.807) is 0 Å². The molecule has 1 N–H and O–H groups in total. The average molecular weight is 312 g/mol. The van der Waals surface area contributed by atoms with E-state index in [-0.39, 0.29) is 11.5 Å². The van der Waals surface area contributed by atoms with E-state index in [9.17, 15) is 5.11 Å². The maximum atomic E-state index is 10.4. The van der Waals surface area contributed by atoms with E-state index in [0.29, 0.717) is 0 Å². The summed E-state index contributed by atoms with van der Waals surface area (Å²) in [7, 11) is 0. The number of aryl methyl sites for hydroxylation is 1. The second kappa shape index (κ2) is 5.62. The minimum Gasteiger partial charge on any atom is -0.388 e. The molecule has 3 rings (SSSR count). The van der Waals surface area contributed by atoms with E-state index in [4.69, 9.17) is 0 Å². The van der Waals surface area contributed by atoms with E-state index >= 15 is 0 Å². The van der Waals surface area contributed by atoms with E-state index in [0.717, 1.165) is 24.6 Å². The van der Waals surface area contributed by atoms with Gasteiger partial charge in [0, 0.05) is 46.0 Å². The molecule has 0 saturated carbocycles. The van der Waals surface area contributed by atoms with Crippen molar-refractivity contribution in [2.45, 2.75) is 51.5 Å². The van der Waals surface area contributed by atoms with Gasteiger partial charge >= 0.3 is 0 Å². The smallest absolute Gasteiger partial charge is 0.0812 e. The van der Waals surface area contributed by atoms with Crippen molar-refractivity contribution in [3.63, 3.8) is 0 Å². The number of aromatic nitrogens is 1. The molecule has 1 aromatic rings. The summed E-state index contributed by atoms with van der Waals surface area (Å²) < 4.78 is 2.49. The van der Waals surface area contributed by atoms with Gasteiger partial charge in [-0.15, -0.1) is 0 Å². The maximum absolute atomic E-state index is 10.4. The van der Waals surface area contributed by atoms with Crippen molar-refractivity contribution in [3.05, 3.63) is 23.0 Å². The SMILES string of the molecule is Cc1cc2c(n1CC1CSCCS1)CC(C)(C)CC2O. The van der Waals surface area contributed by atoms with Gasteiger partial charge in [-0.05, 0) is 31.2 Å². The Kier molecular flexibility index (Phi) is 4.17. The minimum atomic E-state index is -0.276. The molecule has 1 saturated heterocycles. The first-order valence-corrected chi connectivity index (χ1v) is 9.73. The molecule has 2 heterocycles. The highest BCUT2D eigenvalue weighted by atomic mass is 32.2. The number of hydrogen-bond donors (Lipinski definition) is 1. The summed E-state index contributed by atoms with van der Waals surface area (Å²) >= 11 is 4.20. The van der Waals surface area contributed by atoms with Gasteiger partial charge in [-0.25, -0.2) is 0 Å². The molecule has 0 amide bonds. The molecule has 1 aliphatic carbocycles. The Hall–Kier alpha value is -0.0600. The van der Waals surface area contributed by atoms with Gasteiger partial charge < -0.3 is 9.67 Å². The molecule has 4 heteroatoms. The summed E-state index contributed by atoms with van der Waals surface area (Å²) in [6.45, 7) is 7.86. The molecular formula is C16H25NOS2. The Balaban J connectivity index is 1.88. The zero-order valence-electron chi connectivity index (χ0n) is 12.7. The quantitative estimate of drug-likeness (QED) is 0.902. The van der Waals surface area contributed by atoms with Crippen LogP contribution in [-0.2, 0) is 13.0 Å². The second-order valence-electron chi connectivity index (χ2n) is 6.93. The lowest BCUT2D eigenvalue weighted by molar-refractivity contribution is 0.0979. The lowest BCUT2D eigenvalue weighted by atomic mass is 9.75. The van der Waals surface area contributed by atoms with Gasteiger partial charge in [0.05, 0.1) is 6.10 Å². The molecule has 1 aliphatic heterocycles. The van der Waals surface area contributed by atoms with E-state index in [1.165, 1.54) is 34.2 Å². The molecule has 2 aliphatic rings. The first kappa shape index (κ1) is 14.9. The molecule has 2 nitrogen and oxygen atoms in total. The molecule has 0 spiro atoms. The number of aliphatic hydroxyl groups excluding tert-OH is 1. The van der Waals surface area contributed by atoms with Gasteiger partial charge in [-0.1, -0.05) is 13.8 Å². The monoisotopic (exact) mass is 311 g/mol. The third-order valence-electron chi connectivity index (χ3n) is 4.47. The molecule has 112 valence electrons. The van der Waals surface area contributed by atoms with Crippen LogP contribution in [0.3, 0.4) is 0 Å². The third-order valence-corrected chi connectivity index (χ3v) is 7.30. The molecule has 1 aromatic heterocycles. The molecular weight excluding hydrogens is 286 g/mol. The van der Waals surface area contributed by atoms with Gasteiger partial charge in [-0.2, -0.15) is 23.5 Å². The number of hydrogen-bond acceptors (Lipinski definition) is 3. The van der Waals surface area contributed by atoms with Crippen LogP contribution >= 0.6 is 23.5 Å². The van der Waals surface area contributed by atoms with Gasteiger partial charge in [0.2, 0.25) is 0 Å². The highest BCUT2D eigenvalue weighted by Crippen LogP contribution is 2.42. The first-order chi connectivity index (χ1) is 9.46. The normalized spacial score (nSPS) is 29.2. The van der Waals surface area contributed by atoms with Crippen LogP contribution in [0, 0.1) is 12.3 Å². The van der Waals surface area contributed by atoms with Crippen LogP contribution in [0.5, 0.6) is 0 Å². The van der Waals surface area contributed by atoms with Crippen molar-refractivity contribution in [1.82, 2.24) is 4.57 Å². The third kappa shape index (κ3) is 2.93. The zero-order chi connectivity index (χ0) is 14.3. The van der Waals surface area contributed by atoms with Crippen LogP contribution in [0.25, 0.3) is 0 Å². The van der Waals surface area contributed by atoms with E-state index < -0.39 is 0 Å². The molecule has 0 radical (unpaired) electrons. The largest absolute Gasteiger partial charge is 0.388 e. The summed E-state index contributed by atoms with van der Waals surface area (Å²) in [4.78, 5) is 0. The Labute approximate surface area is 130 Å². The number of aliphatic hydroxyl groups is 1. The summed E-state index contributed by atoms with van der Waals surface area (Å²) in [5.41, 5.74) is 4.12. The summed E-state index contributed by atoms with van der Waals surface area (Å²) in [6.07, 6.45) is 1.71. The second-order valence-corrected chi connectivity index (χ2v) is 9.49. The Morgan fingerprint density at radius 2 is 2.20 bits per heavy atom. The van der Waals surface area contributed by atoms with Crippen LogP contribution in [0.2, 0.25) is 0 Å². The molecule has 2 atom stereocenters. The van der Waals surface area contributed by atoms with E-state index in [2.05, 4.69) is 54.9 Å². The molecule has 2 unspecified atom stereocenters. The lowest BCUT2D eigenvalue weighted by Crippen LogP contribution is -2.29. The standard InChI is InChI=1S/C16H25NOS2/c1-11-6-13-14(7-16(2,3)8-15(13)18)17(11)9-12-10-19-4-5-20-12/h6,12,15,18H,4-5,7-10H2,1-3H3. The number of fused-ring (bicyclic) bond motifs is 1. The van der Waals surface area contributed by atoms with Crippen molar-refractivity contribution < 1.29 is 5.11 Å². The van der Waals surface area contributed by atoms with Gasteiger partial charge in [0.15, 0.2) is 0 Å². The van der Waals surface area contributed by atoms with Gasteiger partial charge in [0.1, 0.15) is 0 Å². The zero-order valence-corrected chi connectivity index (χ0v) is 14.3. The number of thioether (sulfide) groups is 2. The summed E-state index contributed by atoms with van der Waals surface area (Å²) in [6, 6.07) is 2.22. The molecule has 0 aromatic carbocycles. The number of nitrogens with zero attached hydrogens (tertiary/aromatic N) is 1. The van der Waals surface area contributed by atoms with Crippen molar-refractivity contribution >= 4 is 23.5 Å². The van der Waals surface area contributed by atoms with Crippen molar-refractivity contribution in [2.75, 3.05) is 17.3 Å². The molecule has 20 heavy (non-hydrogen) atoms. The molecule has 1 fully saturated rings. The summed E-state index contributed by atoms with van der Waals surface area (Å²) in [5, 5.41) is 11.1. The summed E-state index contributed by atoms with van der Waals surface area (Å²) in [5.74, 6) is 3.85. The topological polar surface area (TPSA) is 25.2 Å². The predicted octanol–water partition coefficient (Wildman–Crippen LogP) is 3.65. The lowest BCUT2D eigenvalue weighted by Gasteiger charge is -2.34. The Morgan fingerprint density at radius 3 is 2.90 bits per heavy atom. The average Bonchev–Trinajstić information content (AvgIpc) is 2.67. The van der Waals surface area contributed by atoms with Crippen LogP contribution < -0.4 is 0 Å². The van der Waals surface area contributed by atoms with Gasteiger partial charge in [-0.3, -0.25) is 0 Å². The van der Waals surface area contributed by atoms with Gasteiger partial charge in [0.25, 0.3) is 0 Å². The number of rotatable bonds is 2.